The first-order chi connectivity index (χ1) is 14.7. The quantitative estimate of drug-likeness (QED) is 0.270. The van der Waals surface area contributed by atoms with Crippen molar-refractivity contribution in [3.8, 4) is 16.9 Å². The minimum Gasteiger partial charge on any atom is -0.453 e. The van der Waals surface area contributed by atoms with Crippen LogP contribution in [0.3, 0.4) is 0 Å². The first-order valence-electron chi connectivity index (χ1n) is 9.25. The van der Waals surface area contributed by atoms with Crippen LogP contribution in [0.15, 0.2) is 87.7 Å². The maximum Gasteiger partial charge on any atom is 0.433 e. The zero-order valence-electron chi connectivity index (χ0n) is 15.6. The van der Waals surface area contributed by atoms with Crippen LogP contribution < -0.4 is 0 Å². The van der Waals surface area contributed by atoms with Gasteiger partial charge in [-0.15, -0.1) is 0 Å². The molecule has 3 aromatic heterocycles. The van der Waals surface area contributed by atoms with Gasteiger partial charge in [-0.25, -0.2) is 4.68 Å². The van der Waals surface area contributed by atoms with Crippen LogP contribution in [-0.2, 0) is 0 Å². The Labute approximate surface area is 170 Å². The molecule has 0 aliphatic heterocycles. The number of hydrogen-bond donors (Lipinski definition) is 0. The van der Waals surface area contributed by atoms with Crippen molar-refractivity contribution in [2.75, 3.05) is 0 Å². The Morgan fingerprint density at radius 1 is 0.867 bits per heavy atom. The van der Waals surface area contributed by atoms with Crippen LogP contribution in [0.5, 0.6) is 0 Å². The van der Waals surface area contributed by atoms with E-state index in [9.17, 15) is 10.1 Å². The van der Waals surface area contributed by atoms with Gasteiger partial charge in [-0.3, -0.25) is 10.1 Å². The molecule has 7 heteroatoms. The summed E-state index contributed by atoms with van der Waals surface area (Å²) in [6, 6.07) is 24.4. The van der Waals surface area contributed by atoms with Crippen LogP contribution in [0.1, 0.15) is 11.5 Å². The molecule has 2 aromatic carbocycles. The second-order valence-corrected chi connectivity index (χ2v) is 6.59. The van der Waals surface area contributed by atoms with E-state index in [1.165, 1.54) is 6.07 Å². The summed E-state index contributed by atoms with van der Waals surface area (Å²) in [6.45, 7) is 0. The number of fused-ring (bicyclic) bond motifs is 1. The Kier molecular flexibility index (Phi) is 4.25. The average Bonchev–Trinajstić information content (AvgIpc) is 3.48. The summed E-state index contributed by atoms with van der Waals surface area (Å²) < 4.78 is 13.1. The molecular weight excluding hydrogens is 382 g/mol. The fourth-order valence-electron chi connectivity index (χ4n) is 3.25. The Hall–Kier alpha value is -4.39. The normalized spacial score (nSPS) is 11.5. The molecule has 0 fully saturated rings. The molecule has 0 amide bonds. The molecule has 5 aromatic rings. The van der Waals surface area contributed by atoms with E-state index in [2.05, 4.69) is 0 Å². The summed E-state index contributed by atoms with van der Waals surface area (Å²) in [4.78, 5) is 10.2. The van der Waals surface area contributed by atoms with Crippen molar-refractivity contribution in [3.05, 3.63) is 100 Å². The highest BCUT2D eigenvalue weighted by Gasteiger charge is 2.18. The topological polar surface area (TPSA) is 87.2 Å². The van der Waals surface area contributed by atoms with Gasteiger partial charge < -0.3 is 8.83 Å². The number of nitrogens with zero attached hydrogens (tertiary/aromatic N) is 3. The van der Waals surface area contributed by atoms with Crippen molar-refractivity contribution in [2.45, 2.75) is 0 Å². The van der Waals surface area contributed by atoms with E-state index in [1.54, 1.807) is 18.2 Å². The standard InChI is InChI=1S/C23H15N3O4/c27-26(28)21-14-13-18(29-21)11-12-19-15-20-23(30-19)22(16-7-3-1-4-8-16)24-25(20)17-9-5-2-6-10-17/h1-15H. The Morgan fingerprint density at radius 3 is 2.27 bits per heavy atom. The highest BCUT2D eigenvalue weighted by atomic mass is 16.6. The van der Waals surface area contributed by atoms with Gasteiger partial charge in [-0.05, 0) is 30.4 Å². The first kappa shape index (κ1) is 17.7. The minimum atomic E-state index is -0.570. The van der Waals surface area contributed by atoms with Gasteiger partial charge in [0.05, 0.1) is 11.8 Å². The molecule has 0 N–H and O–H groups in total. The van der Waals surface area contributed by atoms with Gasteiger partial charge in [0.2, 0.25) is 0 Å². The van der Waals surface area contributed by atoms with E-state index < -0.39 is 4.92 Å². The molecule has 0 aliphatic rings. The smallest absolute Gasteiger partial charge is 0.433 e. The predicted molar refractivity (Wildman–Crippen MR) is 113 cm³/mol. The second-order valence-electron chi connectivity index (χ2n) is 6.59. The zero-order chi connectivity index (χ0) is 20.5. The summed E-state index contributed by atoms with van der Waals surface area (Å²) >= 11 is 0. The lowest BCUT2D eigenvalue weighted by molar-refractivity contribution is -0.402. The first-order valence-corrected chi connectivity index (χ1v) is 9.25. The fourth-order valence-corrected chi connectivity index (χ4v) is 3.25. The molecule has 0 unspecified atom stereocenters. The Morgan fingerprint density at radius 2 is 1.57 bits per heavy atom. The molecule has 0 aliphatic carbocycles. The van der Waals surface area contributed by atoms with E-state index in [-0.39, 0.29) is 5.88 Å². The van der Waals surface area contributed by atoms with Crippen molar-refractivity contribution < 1.29 is 13.8 Å². The molecule has 146 valence electrons. The summed E-state index contributed by atoms with van der Waals surface area (Å²) in [7, 11) is 0. The molecule has 0 saturated heterocycles. The monoisotopic (exact) mass is 397 g/mol. The molecule has 5 rings (SSSR count). The van der Waals surface area contributed by atoms with Crippen LogP contribution in [0, 0.1) is 10.1 Å². The lowest BCUT2D eigenvalue weighted by atomic mass is 10.1. The van der Waals surface area contributed by atoms with Crippen molar-refractivity contribution in [1.29, 1.82) is 0 Å². The lowest BCUT2D eigenvalue weighted by Gasteiger charge is -2.01. The lowest BCUT2D eigenvalue weighted by Crippen LogP contribution is -1.95. The van der Waals surface area contributed by atoms with Gasteiger partial charge in [0, 0.05) is 11.6 Å². The Balaban J connectivity index is 1.60. The van der Waals surface area contributed by atoms with Crippen LogP contribution >= 0.6 is 0 Å². The number of aromatic nitrogens is 2. The Bertz CT molecular complexity index is 1290. The number of benzene rings is 2. The third-order valence-electron chi connectivity index (χ3n) is 4.63. The van der Waals surface area contributed by atoms with Crippen LogP contribution in [-0.4, -0.2) is 14.7 Å². The second kappa shape index (κ2) is 7.21. The zero-order valence-corrected chi connectivity index (χ0v) is 15.6. The van der Waals surface area contributed by atoms with E-state index in [1.807, 2.05) is 71.4 Å². The predicted octanol–water partition coefficient (Wildman–Crippen LogP) is 5.96. The van der Waals surface area contributed by atoms with Gasteiger partial charge in [0.1, 0.15) is 27.7 Å². The largest absolute Gasteiger partial charge is 0.453 e. The van der Waals surface area contributed by atoms with Gasteiger partial charge in [0.15, 0.2) is 5.58 Å². The van der Waals surface area contributed by atoms with Gasteiger partial charge in [-0.1, -0.05) is 48.5 Å². The number of para-hydroxylation sites is 1. The summed E-state index contributed by atoms with van der Waals surface area (Å²) in [5.74, 6) is 0.656. The molecule has 0 spiro atoms. The number of nitro groups is 1. The highest BCUT2D eigenvalue weighted by molar-refractivity contribution is 5.91. The van der Waals surface area contributed by atoms with Crippen molar-refractivity contribution in [2.24, 2.45) is 0 Å². The third-order valence-corrected chi connectivity index (χ3v) is 4.63. The van der Waals surface area contributed by atoms with Crippen molar-refractivity contribution in [1.82, 2.24) is 9.78 Å². The molecule has 0 saturated carbocycles. The maximum atomic E-state index is 10.8. The highest BCUT2D eigenvalue weighted by Crippen LogP contribution is 2.33. The van der Waals surface area contributed by atoms with Crippen LogP contribution in [0.4, 0.5) is 5.88 Å². The number of rotatable bonds is 5. The molecule has 0 radical (unpaired) electrons. The van der Waals surface area contributed by atoms with E-state index in [0.717, 1.165) is 22.5 Å². The SMILES string of the molecule is O=[N+]([O-])c1ccc(C=Cc2cc3c(o2)c(-c2ccccc2)nn3-c2ccccc2)o1. The molecule has 0 bridgehead atoms. The average molecular weight is 397 g/mol. The third kappa shape index (κ3) is 3.18. The summed E-state index contributed by atoms with van der Waals surface area (Å²) in [5.41, 5.74) is 4.09. The molecule has 0 atom stereocenters. The minimum absolute atomic E-state index is 0.301. The molecule has 7 nitrogen and oxygen atoms in total. The molecule has 30 heavy (non-hydrogen) atoms. The summed E-state index contributed by atoms with van der Waals surface area (Å²) in [6.07, 6.45) is 3.35. The fraction of sp³-hybridized carbons (Fsp3) is 0. The van der Waals surface area contributed by atoms with E-state index in [4.69, 9.17) is 13.9 Å². The van der Waals surface area contributed by atoms with E-state index >= 15 is 0 Å². The number of hydrogen-bond acceptors (Lipinski definition) is 5. The van der Waals surface area contributed by atoms with Crippen molar-refractivity contribution in [3.63, 3.8) is 0 Å². The molecular formula is C23H15N3O4. The maximum absolute atomic E-state index is 10.8. The van der Waals surface area contributed by atoms with Crippen molar-refractivity contribution >= 4 is 29.1 Å². The van der Waals surface area contributed by atoms with Gasteiger partial charge in [-0.2, -0.15) is 5.10 Å². The van der Waals surface area contributed by atoms with Crippen LogP contribution in [0.2, 0.25) is 0 Å². The number of furan rings is 2. The van der Waals surface area contributed by atoms with E-state index in [0.29, 0.717) is 17.1 Å². The van der Waals surface area contributed by atoms with Crippen LogP contribution in [0.25, 0.3) is 40.2 Å². The van der Waals surface area contributed by atoms with Gasteiger partial charge in [0.25, 0.3) is 0 Å². The molecule has 3 heterocycles. The summed E-state index contributed by atoms with van der Waals surface area (Å²) in [5, 5.41) is 15.6. The van der Waals surface area contributed by atoms with Gasteiger partial charge >= 0.3 is 5.88 Å².